The molecular weight excluding hydrogens is 382 g/mol. The molecule has 8 heteroatoms. The zero-order valence-corrected chi connectivity index (χ0v) is 19.1. The molecule has 0 saturated carbocycles. The van der Waals surface area contributed by atoms with E-state index in [1.54, 1.807) is 4.52 Å². The summed E-state index contributed by atoms with van der Waals surface area (Å²) in [6.07, 6.45) is 7.04. The predicted molar refractivity (Wildman–Crippen MR) is 116 cm³/mol. The number of amides is 1. The molecule has 30 heavy (non-hydrogen) atoms. The molecule has 168 valence electrons. The maximum atomic E-state index is 12.2. The van der Waals surface area contributed by atoms with E-state index >= 15 is 0 Å². The molecule has 1 amide bonds. The van der Waals surface area contributed by atoms with E-state index in [4.69, 9.17) is 4.74 Å². The molecular formula is C22H37N5O3. The van der Waals surface area contributed by atoms with Crippen molar-refractivity contribution in [2.45, 2.75) is 97.4 Å². The predicted octanol–water partition coefficient (Wildman–Crippen LogP) is 4.22. The molecule has 0 aliphatic carbocycles. The standard InChI is InChI=1S/C22H37N5O3/c1-6-7-8-9-10-11-14-30-20(29)13-12-19(28)23-16(2)21-25-24-18-15-17(22(3,4)5)26-27(18)21/h15-16,24H,6-14H2,1-5H3,(H,23,28). The van der Waals surface area contributed by atoms with Crippen LogP contribution in [0.2, 0.25) is 0 Å². The Morgan fingerprint density at radius 1 is 1.17 bits per heavy atom. The van der Waals surface area contributed by atoms with E-state index in [0.717, 1.165) is 24.2 Å². The third kappa shape index (κ3) is 7.15. The molecule has 2 aromatic rings. The van der Waals surface area contributed by atoms with Crippen molar-refractivity contribution in [2.75, 3.05) is 6.61 Å². The number of fused-ring (bicyclic) bond motifs is 1. The van der Waals surface area contributed by atoms with Crippen LogP contribution in [0.15, 0.2) is 6.07 Å². The van der Waals surface area contributed by atoms with Gasteiger partial charge in [-0.1, -0.05) is 59.8 Å². The van der Waals surface area contributed by atoms with Crippen molar-refractivity contribution < 1.29 is 14.3 Å². The largest absolute Gasteiger partial charge is 0.466 e. The van der Waals surface area contributed by atoms with Crippen LogP contribution in [0.1, 0.15) is 104 Å². The van der Waals surface area contributed by atoms with E-state index in [-0.39, 0.29) is 36.2 Å². The van der Waals surface area contributed by atoms with Crippen molar-refractivity contribution >= 4 is 17.5 Å². The fourth-order valence-corrected chi connectivity index (χ4v) is 3.18. The van der Waals surface area contributed by atoms with Gasteiger partial charge in [0, 0.05) is 17.9 Å². The van der Waals surface area contributed by atoms with Gasteiger partial charge in [0.15, 0.2) is 11.5 Å². The average molecular weight is 420 g/mol. The van der Waals surface area contributed by atoms with Crippen molar-refractivity contribution in [2.24, 2.45) is 0 Å². The highest BCUT2D eigenvalue weighted by Crippen LogP contribution is 2.23. The lowest BCUT2D eigenvalue weighted by molar-refractivity contribution is -0.145. The Hall–Kier alpha value is -2.38. The number of rotatable bonds is 12. The van der Waals surface area contributed by atoms with Crippen LogP contribution in [0.25, 0.3) is 5.65 Å². The highest BCUT2D eigenvalue weighted by atomic mass is 16.5. The monoisotopic (exact) mass is 419 g/mol. The van der Waals surface area contributed by atoms with E-state index in [2.05, 4.69) is 48.3 Å². The molecule has 2 heterocycles. The van der Waals surface area contributed by atoms with Gasteiger partial charge in [-0.3, -0.25) is 14.7 Å². The van der Waals surface area contributed by atoms with Gasteiger partial charge in [0.1, 0.15) is 0 Å². The summed E-state index contributed by atoms with van der Waals surface area (Å²) in [4.78, 5) is 24.1. The van der Waals surface area contributed by atoms with Crippen LogP contribution in [0.3, 0.4) is 0 Å². The first kappa shape index (κ1) is 23.9. The fourth-order valence-electron chi connectivity index (χ4n) is 3.18. The Balaban J connectivity index is 1.72. The summed E-state index contributed by atoms with van der Waals surface area (Å²) >= 11 is 0. The molecule has 2 N–H and O–H groups in total. The second-order valence-electron chi connectivity index (χ2n) is 8.94. The average Bonchev–Trinajstić information content (AvgIpc) is 3.26. The normalized spacial score (nSPS) is 12.8. The number of carbonyl (C=O) groups is 2. The van der Waals surface area contributed by atoms with Crippen LogP contribution in [-0.2, 0) is 19.7 Å². The van der Waals surface area contributed by atoms with E-state index in [1.807, 2.05) is 13.0 Å². The molecule has 0 saturated heterocycles. The van der Waals surface area contributed by atoms with Gasteiger partial charge >= 0.3 is 5.97 Å². The third-order valence-corrected chi connectivity index (χ3v) is 5.06. The SMILES string of the molecule is CCCCCCCCOC(=O)CCC(=O)NC(C)c1n[nH]c2cc(C(C)(C)C)nn12. The topological polar surface area (TPSA) is 101 Å². The number of unbranched alkanes of at least 4 members (excludes halogenated alkanes) is 5. The molecule has 1 unspecified atom stereocenters. The zero-order chi connectivity index (χ0) is 22.1. The molecule has 0 fully saturated rings. The zero-order valence-electron chi connectivity index (χ0n) is 19.1. The number of ether oxygens (including phenoxy) is 1. The van der Waals surface area contributed by atoms with Gasteiger partial charge < -0.3 is 10.1 Å². The summed E-state index contributed by atoms with van der Waals surface area (Å²) in [6, 6.07) is 1.63. The number of hydrogen-bond donors (Lipinski definition) is 2. The quantitative estimate of drug-likeness (QED) is 0.396. The second kappa shape index (κ2) is 11.1. The van der Waals surface area contributed by atoms with Crippen LogP contribution in [0, 0.1) is 0 Å². The first-order chi connectivity index (χ1) is 14.2. The van der Waals surface area contributed by atoms with Gasteiger partial charge in [-0.15, -0.1) is 0 Å². The number of hydrogen-bond acceptors (Lipinski definition) is 5. The highest BCUT2D eigenvalue weighted by molar-refractivity contribution is 5.81. The summed E-state index contributed by atoms with van der Waals surface area (Å²) in [6.45, 7) is 10.8. The van der Waals surface area contributed by atoms with Crippen molar-refractivity contribution in [3.63, 3.8) is 0 Å². The van der Waals surface area contributed by atoms with Crippen molar-refractivity contribution in [3.8, 4) is 0 Å². The molecule has 0 aliphatic heterocycles. The van der Waals surface area contributed by atoms with Crippen LogP contribution < -0.4 is 5.32 Å². The number of H-pyrrole nitrogens is 1. The lowest BCUT2D eigenvalue weighted by Gasteiger charge is -2.14. The van der Waals surface area contributed by atoms with E-state index in [1.165, 1.54) is 25.7 Å². The first-order valence-electron chi connectivity index (χ1n) is 11.1. The van der Waals surface area contributed by atoms with Crippen LogP contribution in [-0.4, -0.2) is 38.3 Å². The van der Waals surface area contributed by atoms with Crippen molar-refractivity contribution in [1.29, 1.82) is 0 Å². The maximum absolute atomic E-state index is 12.2. The van der Waals surface area contributed by atoms with Gasteiger partial charge in [0.2, 0.25) is 5.91 Å². The number of esters is 1. The van der Waals surface area contributed by atoms with Gasteiger partial charge in [-0.05, 0) is 13.3 Å². The first-order valence-corrected chi connectivity index (χ1v) is 11.1. The molecule has 8 nitrogen and oxygen atoms in total. The molecule has 0 spiro atoms. The molecule has 0 bridgehead atoms. The van der Waals surface area contributed by atoms with Crippen molar-refractivity contribution in [3.05, 3.63) is 17.6 Å². The lowest BCUT2D eigenvalue weighted by atomic mass is 9.93. The Morgan fingerprint density at radius 2 is 1.87 bits per heavy atom. The number of aromatic nitrogens is 4. The minimum atomic E-state index is -0.335. The summed E-state index contributed by atoms with van der Waals surface area (Å²) in [5.74, 6) is 0.0910. The maximum Gasteiger partial charge on any atom is 0.306 e. The Morgan fingerprint density at radius 3 is 2.57 bits per heavy atom. The summed E-state index contributed by atoms with van der Waals surface area (Å²) in [5, 5.41) is 14.7. The summed E-state index contributed by atoms with van der Waals surface area (Å²) < 4.78 is 6.94. The molecule has 2 aromatic heterocycles. The molecule has 0 radical (unpaired) electrons. The highest BCUT2D eigenvalue weighted by Gasteiger charge is 2.22. The minimum Gasteiger partial charge on any atom is -0.466 e. The van der Waals surface area contributed by atoms with E-state index in [0.29, 0.717) is 12.4 Å². The minimum absolute atomic E-state index is 0.0769. The molecule has 0 aromatic carbocycles. The van der Waals surface area contributed by atoms with Gasteiger partial charge in [0.05, 0.1) is 24.8 Å². The number of nitrogens with one attached hydrogen (secondary N) is 2. The van der Waals surface area contributed by atoms with Crippen LogP contribution in [0.4, 0.5) is 0 Å². The van der Waals surface area contributed by atoms with E-state index < -0.39 is 0 Å². The van der Waals surface area contributed by atoms with E-state index in [9.17, 15) is 9.59 Å². The fraction of sp³-hybridized carbons (Fsp3) is 0.727. The Bertz CT molecular complexity index is 818. The number of aromatic amines is 1. The van der Waals surface area contributed by atoms with Gasteiger partial charge in [-0.2, -0.15) is 14.7 Å². The number of nitrogens with zero attached hydrogens (tertiary/aromatic N) is 3. The molecule has 2 rings (SSSR count). The Labute approximate surface area is 179 Å². The smallest absolute Gasteiger partial charge is 0.306 e. The van der Waals surface area contributed by atoms with Gasteiger partial charge in [0.25, 0.3) is 0 Å². The summed E-state index contributed by atoms with van der Waals surface area (Å²) in [7, 11) is 0. The second-order valence-corrected chi connectivity index (χ2v) is 8.94. The van der Waals surface area contributed by atoms with Gasteiger partial charge in [-0.25, -0.2) is 0 Å². The lowest BCUT2D eigenvalue weighted by Crippen LogP contribution is -2.28. The van der Waals surface area contributed by atoms with Crippen LogP contribution in [0.5, 0.6) is 0 Å². The Kier molecular flexibility index (Phi) is 8.87. The molecule has 1 atom stereocenters. The number of carbonyl (C=O) groups excluding carboxylic acids is 2. The molecule has 0 aliphatic rings. The van der Waals surface area contributed by atoms with Crippen LogP contribution >= 0.6 is 0 Å². The third-order valence-electron chi connectivity index (χ3n) is 5.06. The van der Waals surface area contributed by atoms with Crippen molar-refractivity contribution in [1.82, 2.24) is 25.1 Å². The summed E-state index contributed by atoms with van der Waals surface area (Å²) in [5.41, 5.74) is 1.66.